The number of nitrogens with zero attached hydrogens (tertiary/aromatic N) is 3. The fraction of sp³-hybridized carbons (Fsp3) is 0.667. The Bertz CT molecular complexity index is 353. The molecule has 4 rings (SSSR count). The highest BCUT2D eigenvalue weighted by Crippen LogP contribution is 2.34. The van der Waals surface area contributed by atoms with E-state index in [-0.39, 0.29) is 0 Å². The first-order valence-corrected chi connectivity index (χ1v) is 6.12. The van der Waals surface area contributed by atoms with E-state index in [0.717, 1.165) is 24.8 Å². The molecule has 1 aromatic rings. The lowest BCUT2D eigenvalue weighted by molar-refractivity contribution is 0.382. The smallest absolute Gasteiger partial charge is 0.225 e. The molecule has 2 bridgehead atoms. The molecule has 0 spiro atoms. The molecule has 0 unspecified atom stereocenters. The molecule has 0 radical (unpaired) electrons. The minimum Gasteiger partial charge on any atom is -0.338 e. The van der Waals surface area contributed by atoms with Crippen LogP contribution < -0.4 is 10.6 Å². The van der Waals surface area contributed by atoms with E-state index >= 15 is 0 Å². The zero-order chi connectivity index (χ0) is 11.0. The van der Waals surface area contributed by atoms with Crippen molar-refractivity contribution in [3.05, 3.63) is 18.5 Å². The predicted molar refractivity (Wildman–Crippen MR) is 63.1 cm³/mol. The molecule has 1 saturated carbocycles. The van der Waals surface area contributed by atoms with Crippen LogP contribution in [0.1, 0.15) is 25.7 Å². The van der Waals surface area contributed by atoms with Crippen molar-refractivity contribution in [1.29, 1.82) is 0 Å². The summed E-state index contributed by atoms with van der Waals surface area (Å²) >= 11 is 0. The molecule has 3 fully saturated rings. The molecule has 0 aromatic carbocycles. The summed E-state index contributed by atoms with van der Waals surface area (Å²) < 4.78 is 0. The molecular weight excluding hydrogens is 200 g/mol. The standard InChI is InChI=1S/C12H18N4/c13-10-6-9-2-3-11(7-10)16(8-9)12-14-4-1-5-15-12/h1,4-5,9-11H,2-3,6-8,13H2/t9-,10-,11+/m0/s1. The number of aromatic nitrogens is 2. The maximum atomic E-state index is 6.13. The lowest BCUT2D eigenvalue weighted by Gasteiger charge is -2.36. The SMILES string of the molecule is N[C@H]1C[C@@H]2CC[C@H](C1)N(c1ncccn1)C2. The maximum Gasteiger partial charge on any atom is 0.225 e. The van der Waals surface area contributed by atoms with E-state index in [0.29, 0.717) is 12.1 Å². The van der Waals surface area contributed by atoms with E-state index in [1.807, 2.05) is 18.5 Å². The average Bonchev–Trinajstić information content (AvgIpc) is 2.58. The van der Waals surface area contributed by atoms with Crippen molar-refractivity contribution in [3.8, 4) is 0 Å². The molecule has 4 heteroatoms. The number of piperidine rings is 1. The minimum absolute atomic E-state index is 0.367. The Labute approximate surface area is 95.9 Å². The van der Waals surface area contributed by atoms with Crippen LogP contribution in [0, 0.1) is 5.92 Å². The highest BCUT2D eigenvalue weighted by Gasteiger charge is 2.35. The van der Waals surface area contributed by atoms with Gasteiger partial charge in [-0.2, -0.15) is 0 Å². The van der Waals surface area contributed by atoms with Crippen LogP contribution in [0.25, 0.3) is 0 Å². The van der Waals surface area contributed by atoms with Gasteiger partial charge in [0.25, 0.3) is 0 Å². The van der Waals surface area contributed by atoms with E-state index in [2.05, 4.69) is 14.9 Å². The van der Waals surface area contributed by atoms with Gasteiger partial charge in [0.2, 0.25) is 5.95 Å². The second kappa shape index (κ2) is 4.01. The number of nitrogens with two attached hydrogens (primary N) is 1. The predicted octanol–water partition coefficient (Wildman–Crippen LogP) is 1.18. The van der Waals surface area contributed by atoms with Gasteiger partial charge >= 0.3 is 0 Å². The topological polar surface area (TPSA) is 55.0 Å². The molecule has 0 amide bonds. The number of rotatable bonds is 1. The van der Waals surface area contributed by atoms with Gasteiger partial charge in [-0.25, -0.2) is 9.97 Å². The Morgan fingerprint density at radius 3 is 2.81 bits per heavy atom. The van der Waals surface area contributed by atoms with Crippen molar-refractivity contribution >= 4 is 5.95 Å². The number of hydrogen-bond donors (Lipinski definition) is 1. The average molecular weight is 218 g/mol. The third-order valence-corrected chi connectivity index (χ3v) is 3.82. The van der Waals surface area contributed by atoms with Crippen molar-refractivity contribution in [1.82, 2.24) is 9.97 Å². The van der Waals surface area contributed by atoms with Gasteiger partial charge in [-0.3, -0.25) is 0 Å². The van der Waals surface area contributed by atoms with Crippen LogP contribution in [-0.4, -0.2) is 28.6 Å². The summed E-state index contributed by atoms with van der Waals surface area (Å²) in [6.45, 7) is 1.09. The molecule has 4 nitrogen and oxygen atoms in total. The van der Waals surface area contributed by atoms with Gasteiger partial charge in [-0.15, -0.1) is 0 Å². The lowest BCUT2D eigenvalue weighted by Crippen LogP contribution is -2.42. The molecule has 1 aromatic heterocycles. The second-order valence-corrected chi connectivity index (χ2v) is 5.03. The molecule has 3 aliphatic rings. The van der Waals surface area contributed by atoms with E-state index in [4.69, 9.17) is 5.73 Å². The van der Waals surface area contributed by atoms with Gasteiger partial charge in [-0.05, 0) is 37.7 Å². The van der Waals surface area contributed by atoms with E-state index < -0.39 is 0 Å². The van der Waals surface area contributed by atoms with Crippen LogP contribution >= 0.6 is 0 Å². The Hall–Kier alpha value is -1.16. The molecule has 86 valence electrons. The molecular formula is C12H18N4. The number of fused-ring (bicyclic) bond motifs is 4. The van der Waals surface area contributed by atoms with Crippen LogP contribution in [0.5, 0.6) is 0 Å². The van der Waals surface area contributed by atoms with Crippen LogP contribution in [0.2, 0.25) is 0 Å². The highest BCUT2D eigenvalue weighted by atomic mass is 15.3. The maximum absolute atomic E-state index is 6.13. The Morgan fingerprint density at radius 1 is 1.19 bits per heavy atom. The summed E-state index contributed by atoms with van der Waals surface area (Å²) in [4.78, 5) is 11.1. The van der Waals surface area contributed by atoms with Gasteiger partial charge in [0.15, 0.2) is 0 Å². The van der Waals surface area contributed by atoms with Gasteiger partial charge < -0.3 is 10.6 Å². The summed E-state index contributed by atoms with van der Waals surface area (Å²) in [6, 6.07) is 2.79. The van der Waals surface area contributed by atoms with Gasteiger partial charge in [0, 0.05) is 31.0 Å². The van der Waals surface area contributed by atoms with Gasteiger partial charge in [0.05, 0.1) is 0 Å². The summed E-state index contributed by atoms with van der Waals surface area (Å²) in [5.41, 5.74) is 6.13. The Kier molecular flexibility index (Phi) is 2.52. The summed E-state index contributed by atoms with van der Waals surface area (Å²) in [5.74, 6) is 1.61. The second-order valence-electron chi connectivity index (χ2n) is 5.03. The van der Waals surface area contributed by atoms with Crippen LogP contribution in [0.3, 0.4) is 0 Å². The van der Waals surface area contributed by atoms with Crippen LogP contribution in [0.15, 0.2) is 18.5 Å². The van der Waals surface area contributed by atoms with Gasteiger partial charge in [0.1, 0.15) is 0 Å². The first-order chi connectivity index (χ1) is 7.83. The summed E-state index contributed by atoms with van der Waals surface area (Å²) in [5, 5.41) is 0. The summed E-state index contributed by atoms with van der Waals surface area (Å²) in [7, 11) is 0. The molecule has 2 aliphatic heterocycles. The Morgan fingerprint density at radius 2 is 2.00 bits per heavy atom. The van der Waals surface area contributed by atoms with Crippen molar-refractivity contribution in [2.75, 3.05) is 11.4 Å². The highest BCUT2D eigenvalue weighted by molar-refractivity contribution is 5.32. The normalized spacial score (nSPS) is 33.8. The van der Waals surface area contributed by atoms with E-state index in [1.165, 1.54) is 19.3 Å². The first kappa shape index (κ1) is 10.0. The van der Waals surface area contributed by atoms with Crippen molar-refractivity contribution in [2.45, 2.75) is 37.8 Å². The Balaban J connectivity index is 1.87. The van der Waals surface area contributed by atoms with Crippen LogP contribution in [0.4, 0.5) is 5.95 Å². The monoisotopic (exact) mass is 218 g/mol. The lowest BCUT2D eigenvalue weighted by atomic mass is 9.95. The van der Waals surface area contributed by atoms with Gasteiger partial charge in [-0.1, -0.05) is 0 Å². The molecule has 2 N–H and O–H groups in total. The molecule has 2 saturated heterocycles. The third kappa shape index (κ3) is 1.78. The number of anilines is 1. The van der Waals surface area contributed by atoms with Crippen molar-refractivity contribution in [3.63, 3.8) is 0 Å². The van der Waals surface area contributed by atoms with E-state index in [1.54, 1.807) is 0 Å². The zero-order valence-corrected chi connectivity index (χ0v) is 9.42. The van der Waals surface area contributed by atoms with Crippen molar-refractivity contribution < 1.29 is 0 Å². The molecule has 1 aliphatic carbocycles. The molecule has 3 heterocycles. The third-order valence-electron chi connectivity index (χ3n) is 3.82. The fourth-order valence-corrected chi connectivity index (χ4v) is 3.10. The molecule has 3 atom stereocenters. The minimum atomic E-state index is 0.367. The van der Waals surface area contributed by atoms with Crippen LogP contribution in [-0.2, 0) is 0 Å². The fourth-order valence-electron chi connectivity index (χ4n) is 3.10. The van der Waals surface area contributed by atoms with E-state index in [9.17, 15) is 0 Å². The largest absolute Gasteiger partial charge is 0.338 e. The first-order valence-electron chi connectivity index (χ1n) is 6.12. The zero-order valence-electron chi connectivity index (χ0n) is 9.42. The quantitative estimate of drug-likeness (QED) is 0.769. The number of hydrogen-bond acceptors (Lipinski definition) is 4. The molecule has 16 heavy (non-hydrogen) atoms. The van der Waals surface area contributed by atoms with Crippen molar-refractivity contribution in [2.24, 2.45) is 11.7 Å². The summed E-state index contributed by atoms with van der Waals surface area (Å²) in [6.07, 6.45) is 8.47.